The fourth-order valence-corrected chi connectivity index (χ4v) is 3.09. The molecule has 2 nitrogen and oxygen atoms in total. The first-order valence-electron chi connectivity index (χ1n) is 6.38. The summed E-state index contributed by atoms with van der Waals surface area (Å²) in [6, 6.07) is 4.00. The summed E-state index contributed by atoms with van der Waals surface area (Å²) in [5, 5.41) is 5.13. The fraction of sp³-hybridized carbons (Fsp3) is 0.333. The van der Waals surface area contributed by atoms with Crippen molar-refractivity contribution < 1.29 is 13.5 Å². The van der Waals surface area contributed by atoms with E-state index in [-0.39, 0.29) is 6.04 Å². The highest BCUT2D eigenvalue weighted by atomic mass is 32.1. The molecule has 0 fully saturated rings. The third-order valence-electron chi connectivity index (χ3n) is 3.14. The van der Waals surface area contributed by atoms with Crippen LogP contribution in [-0.2, 0) is 0 Å². The van der Waals surface area contributed by atoms with Crippen molar-refractivity contribution in [1.82, 2.24) is 5.32 Å². The number of hydrogen-bond acceptors (Lipinski definition) is 3. The molecule has 108 valence electrons. The summed E-state index contributed by atoms with van der Waals surface area (Å²) >= 11 is 1.49. The van der Waals surface area contributed by atoms with Gasteiger partial charge in [0.25, 0.3) is 0 Å². The first kappa shape index (κ1) is 14.9. The Morgan fingerprint density at radius 2 is 2.05 bits per heavy atom. The molecule has 0 saturated heterocycles. The van der Waals surface area contributed by atoms with Crippen LogP contribution in [0.2, 0.25) is 0 Å². The summed E-state index contributed by atoms with van der Waals surface area (Å²) in [5.41, 5.74) is 0.867. The maximum atomic E-state index is 14.1. The number of rotatable bonds is 5. The number of benzene rings is 1. The van der Waals surface area contributed by atoms with Crippen LogP contribution in [0.3, 0.4) is 0 Å². The van der Waals surface area contributed by atoms with E-state index in [4.69, 9.17) is 4.74 Å². The lowest BCUT2D eigenvalue weighted by Gasteiger charge is -2.19. The molecule has 1 atom stereocenters. The summed E-state index contributed by atoms with van der Waals surface area (Å²) in [4.78, 5) is 0.888. The number of nitrogens with one attached hydrogen (secondary N) is 1. The molecule has 1 unspecified atom stereocenters. The highest BCUT2D eigenvalue weighted by molar-refractivity contribution is 7.10. The second-order valence-corrected chi connectivity index (χ2v) is 5.41. The predicted octanol–water partition coefficient (Wildman–Crippen LogP) is 4.04. The van der Waals surface area contributed by atoms with E-state index < -0.39 is 11.6 Å². The SMILES string of the molecule is CCNC(c1cc(C)c(F)cc1F)c1sccc1OC. The van der Waals surface area contributed by atoms with Crippen molar-refractivity contribution >= 4 is 11.3 Å². The van der Waals surface area contributed by atoms with Gasteiger partial charge in [-0.25, -0.2) is 8.78 Å². The Morgan fingerprint density at radius 3 is 2.70 bits per heavy atom. The normalized spacial score (nSPS) is 12.4. The third kappa shape index (κ3) is 2.83. The molecule has 0 spiro atoms. The second-order valence-electron chi connectivity index (χ2n) is 4.47. The zero-order chi connectivity index (χ0) is 14.7. The maximum Gasteiger partial charge on any atom is 0.134 e. The summed E-state index contributed by atoms with van der Waals surface area (Å²) in [6.07, 6.45) is 0. The Kier molecular flexibility index (Phi) is 4.73. The molecule has 1 aromatic carbocycles. The molecule has 0 aliphatic heterocycles. The van der Waals surface area contributed by atoms with Crippen LogP contribution in [0.15, 0.2) is 23.6 Å². The van der Waals surface area contributed by atoms with Gasteiger partial charge in [0.05, 0.1) is 18.0 Å². The van der Waals surface area contributed by atoms with Crippen molar-refractivity contribution in [3.05, 3.63) is 51.2 Å². The molecule has 0 saturated carbocycles. The van der Waals surface area contributed by atoms with Gasteiger partial charge in [-0.2, -0.15) is 0 Å². The van der Waals surface area contributed by atoms with Crippen LogP contribution in [0, 0.1) is 18.6 Å². The van der Waals surface area contributed by atoms with E-state index in [2.05, 4.69) is 5.32 Å². The second kappa shape index (κ2) is 6.33. The van der Waals surface area contributed by atoms with E-state index >= 15 is 0 Å². The molecule has 20 heavy (non-hydrogen) atoms. The molecule has 0 amide bonds. The van der Waals surface area contributed by atoms with Crippen LogP contribution in [-0.4, -0.2) is 13.7 Å². The van der Waals surface area contributed by atoms with E-state index in [1.807, 2.05) is 18.4 Å². The number of methoxy groups -OCH3 is 1. The van der Waals surface area contributed by atoms with Crippen molar-refractivity contribution in [1.29, 1.82) is 0 Å². The van der Waals surface area contributed by atoms with Gasteiger partial charge in [0.2, 0.25) is 0 Å². The summed E-state index contributed by atoms with van der Waals surface area (Å²) in [7, 11) is 1.58. The minimum absolute atomic E-state index is 0.339. The molecule has 0 radical (unpaired) electrons. The zero-order valence-corrected chi connectivity index (χ0v) is 12.5. The van der Waals surface area contributed by atoms with Crippen LogP contribution in [0.4, 0.5) is 8.78 Å². The average molecular weight is 297 g/mol. The lowest BCUT2D eigenvalue weighted by molar-refractivity contribution is 0.407. The van der Waals surface area contributed by atoms with Crippen molar-refractivity contribution in [3.63, 3.8) is 0 Å². The lowest BCUT2D eigenvalue weighted by Crippen LogP contribution is -2.23. The highest BCUT2D eigenvalue weighted by Gasteiger charge is 2.23. The third-order valence-corrected chi connectivity index (χ3v) is 4.10. The Balaban J connectivity index is 2.51. The molecule has 2 rings (SSSR count). The average Bonchev–Trinajstić information content (AvgIpc) is 2.88. The van der Waals surface area contributed by atoms with Crippen LogP contribution < -0.4 is 10.1 Å². The number of thiophene rings is 1. The monoisotopic (exact) mass is 297 g/mol. The molecular formula is C15H17F2NOS. The van der Waals surface area contributed by atoms with Crippen molar-refractivity contribution in [2.24, 2.45) is 0 Å². The van der Waals surface area contributed by atoms with Gasteiger partial charge in [-0.05, 0) is 36.5 Å². The first-order valence-corrected chi connectivity index (χ1v) is 7.26. The summed E-state index contributed by atoms with van der Waals surface area (Å²) in [5.74, 6) is -0.364. The molecule has 1 N–H and O–H groups in total. The minimum Gasteiger partial charge on any atom is -0.496 e. The minimum atomic E-state index is -0.547. The fourth-order valence-electron chi connectivity index (χ4n) is 2.14. The van der Waals surface area contributed by atoms with Gasteiger partial charge in [-0.3, -0.25) is 0 Å². The largest absolute Gasteiger partial charge is 0.496 e. The predicted molar refractivity (Wildman–Crippen MR) is 77.5 cm³/mol. The number of hydrogen-bond donors (Lipinski definition) is 1. The molecule has 0 aliphatic rings. The van der Waals surface area contributed by atoms with Gasteiger partial charge in [0.15, 0.2) is 0 Å². The van der Waals surface area contributed by atoms with Gasteiger partial charge in [-0.15, -0.1) is 11.3 Å². The van der Waals surface area contributed by atoms with Gasteiger partial charge >= 0.3 is 0 Å². The molecular weight excluding hydrogens is 280 g/mol. The van der Waals surface area contributed by atoms with Crippen LogP contribution in [0.1, 0.15) is 29.0 Å². The number of halogens is 2. The smallest absolute Gasteiger partial charge is 0.134 e. The highest BCUT2D eigenvalue weighted by Crippen LogP contribution is 2.36. The van der Waals surface area contributed by atoms with Crippen molar-refractivity contribution in [2.75, 3.05) is 13.7 Å². The standard InChI is InChI=1S/C15H17F2NOS/c1-4-18-14(15-13(19-3)5-6-20-15)10-7-9(2)11(16)8-12(10)17/h5-8,14,18H,4H2,1-3H3. The van der Waals surface area contributed by atoms with E-state index in [1.165, 1.54) is 11.3 Å². The topological polar surface area (TPSA) is 21.3 Å². The van der Waals surface area contributed by atoms with Crippen LogP contribution in [0.25, 0.3) is 0 Å². The molecule has 0 aliphatic carbocycles. The first-order chi connectivity index (χ1) is 9.58. The van der Waals surface area contributed by atoms with E-state index in [9.17, 15) is 8.78 Å². The Bertz CT molecular complexity index is 598. The summed E-state index contributed by atoms with van der Waals surface area (Å²) < 4.78 is 32.8. The van der Waals surface area contributed by atoms with Crippen molar-refractivity contribution in [2.45, 2.75) is 19.9 Å². The maximum absolute atomic E-state index is 14.1. The molecule has 1 heterocycles. The number of ether oxygens (including phenoxy) is 1. The Hall–Kier alpha value is -1.46. The van der Waals surface area contributed by atoms with Crippen LogP contribution in [0.5, 0.6) is 5.75 Å². The molecule has 5 heteroatoms. The van der Waals surface area contributed by atoms with Gasteiger partial charge in [0, 0.05) is 11.6 Å². The Labute approximate surface area is 121 Å². The van der Waals surface area contributed by atoms with Crippen molar-refractivity contribution in [3.8, 4) is 5.75 Å². The van der Waals surface area contributed by atoms with Gasteiger partial charge in [0.1, 0.15) is 17.4 Å². The van der Waals surface area contributed by atoms with E-state index in [0.717, 1.165) is 10.9 Å². The zero-order valence-electron chi connectivity index (χ0n) is 11.7. The summed E-state index contributed by atoms with van der Waals surface area (Å²) in [6.45, 7) is 4.25. The Morgan fingerprint density at radius 1 is 1.30 bits per heavy atom. The molecule has 2 aromatic rings. The van der Waals surface area contributed by atoms with E-state index in [0.29, 0.717) is 23.4 Å². The quantitative estimate of drug-likeness (QED) is 0.899. The van der Waals surface area contributed by atoms with Gasteiger partial charge in [-0.1, -0.05) is 6.92 Å². The lowest BCUT2D eigenvalue weighted by atomic mass is 10.0. The van der Waals surface area contributed by atoms with E-state index in [1.54, 1.807) is 20.1 Å². The molecule has 0 bridgehead atoms. The molecule has 1 aromatic heterocycles. The van der Waals surface area contributed by atoms with Gasteiger partial charge < -0.3 is 10.1 Å². The number of aryl methyl sites for hydroxylation is 1. The van der Waals surface area contributed by atoms with Crippen LogP contribution >= 0.6 is 11.3 Å².